The largest absolute Gasteiger partial charge is 0.344 e. The average molecular weight is 303 g/mol. The summed E-state index contributed by atoms with van der Waals surface area (Å²) in [6.45, 7) is 3.87. The van der Waals surface area contributed by atoms with Gasteiger partial charge in [0, 0.05) is 12.1 Å². The molecular weight excluding hydrogens is 278 g/mol. The number of amides is 2. The van der Waals surface area contributed by atoms with Gasteiger partial charge in [0.25, 0.3) is 0 Å². The van der Waals surface area contributed by atoms with E-state index in [9.17, 15) is 9.59 Å². The fourth-order valence-corrected chi connectivity index (χ4v) is 2.81. The van der Waals surface area contributed by atoms with E-state index in [4.69, 9.17) is 0 Å². The smallest absolute Gasteiger partial charge is 0.248 e. The molecule has 0 saturated heterocycles. The van der Waals surface area contributed by atoms with E-state index in [2.05, 4.69) is 15.6 Å². The minimum Gasteiger partial charge on any atom is -0.344 e. The molecule has 0 aromatic carbocycles. The first-order valence-electron chi connectivity index (χ1n) is 8.10. The fourth-order valence-electron chi connectivity index (χ4n) is 2.81. The summed E-state index contributed by atoms with van der Waals surface area (Å²) >= 11 is 0. The lowest BCUT2D eigenvalue weighted by atomic mass is 9.88. The van der Waals surface area contributed by atoms with Crippen LogP contribution in [0.5, 0.6) is 0 Å². The molecule has 0 bridgehead atoms. The van der Waals surface area contributed by atoms with Gasteiger partial charge < -0.3 is 10.6 Å². The Bertz CT molecular complexity index is 496. The normalized spacial score (nSPS) is 17.0. The second-order valence-corrected chi connectivity index (χ2v) is 6.27. The van der Waals surface area contributed by atoms with Gasteiger partial charge in [0.1, 0.15) is 11.9 Å². The van der Waals surface area contributed by atoms with Crippen LogP contribution in [0.3, 0.4) is 0 Å². The standard InChI is InChI=1S/C17H25N3O2/c1-12(2)15(17(22)19-14-10-6-7-11-18-14)20-16(21)13-8-4-3-5-9-13/h6-7,10-13,15H,3-5,8-9H2,1-2H3,(H,20,21)(H,18,19,22)/t15-/m1/s1. The van der Waals surface area contributed by atoms with Gasteiger partial charge in [0.2, 0.25) is 11.8 Å². The van der Waals surface area contributed by atoms with Crippen molar-refractivity contribution in [2.75, 3.05) is 5.32 Å². The number of aromatic nitrogens is 1. The maximum absolute atomic E-state index is 12.4. The molecule has 1 aliphatic carbocycles. The number of nitrogens with zero attached hydrogens (tertiary/aromatic N) is 1. The highest BCUT2D eigenvalue weighted by atomic mass is 16.2. The molecule has 1 aliphatic rings. The van der Waals surface area contributed by atoms with Gasteiger partial charge in [-0.3, -0.25) is 9.59 Å². The molecule has 2 rings (SSSR count). The van der Waals surface area contributed by atoms with E-state index >= 15 is 0 Å². The number of anilines is 1. The molecule has 2 N–H and O–H groups in total. The summed E-state index contributed by atoms with van der Waals surface area (Å²) in [5.41, 5.74) is 0. The van der Waals surface area contributed by atoms with Crippen molar-refractivity contribution in [3.8, 4) is 0 Å². The molecule has 0 radical (unpaired) electrons. The van der Waals surface area contributed by atoms with Gasteiger partial charge in [-0.2, -0.15) is 0 Å². The van der Waals surface area contributed by atoms with Crippen molar-refractivity contribution in [3.63, 3.8) is 0 Å². The van der Waals surface area contributed by atoms with Gasteiger partial charge in [-0.1, -0.05) is 39.2 Å². The van der Waals surface area contributed by atoms with Crippen LogP contribution in [0, 0.1) is 11.8 Å². The Balaban J connectivity index is 1.96. The number of pyridine rings is 1. The summed E-state index contributed by atoms with van der Waals surface area (Å²) in [6.07, 6.45) is 6.89. The van der Waals surface area contributed by atoms with Gasteiger partial charge in [-0.05, 0) is 30.9 Å². The third kappa shape index (κ3) is 4.55. The fraction of sp³-hybridized carbons (Fsp3) is 0.588. The Labute approximate surface area is 131 Å². The molecule has 5 heteroatoms. The lowest BCUT2D eigenvalue weighted by Gasteiger charge is -2.26. The summed E-state index contributed by atoms with van der Waals surface area (Å²) in [4.78, 5) is 28.9. The predicted molar refractivity (Wildman–Crippen MR) is 86.2 cm³/mol. The van der Waals surface area contributed by atoms with E-state index in [-0.39, 0.29) is 23.7 Å². The van der Waals surface area contributed by atoms with E-state index in [0.717, 1.165) is 25.7 Å². The van der Waals surface area contributed by atoms with Crippen molar-refractivity contribution in [1.29, 1.82) is 0 Å². The number of hydrogen-bond acceptors (Lipinski definition) is 3. The molecular formula is C17H25N3O2. The van der Waals surface area contributed by atoms with Crippen molar-refractivity contribution in [3.05, 3.63) is 24.4 Å². The summed E-state index contributed by atoms with van der Waals surface area (Å²) in [6, 6.07) is 4.81. The highest BCUT2D eigenvalue weighted by Gasteiger charge is 2.28. The van der Waals surface area contributed by atoms with E-state index in [1.54, 1.807) is 18.3 Å². The quantitative estimate of drug-likeness (QED) is 0.878. The highest BCUT2D eigenvalue weighted by molar-refractivity contribution is 5.97. The molecule has 120 valence electrons. The zero-order chi connectivity index (χ0) is 15.9. The van der Waals surface area contributed by atoms with Crippen LogP contribution >= 0.6 is 0 Å². The van der Waals surface area contributed by atoms with Crippen LogP contribution in [0.25, 0.3) is 0 Å². The maximum Gasteiger partial charge on any atom is 0.248 e. The maximum atomic E-state index is 12.4. The van der Waals surface area contributed by atoms with Crippen molar-refractivity contribution >= 4 is 17.6 Å². The molecule has 2 amide bonds. The van der Waals surface area contributed by atoms with Gasteiger partial charge in [-0.25, -0.2) is 4.98 Å². The summed E-state index contributed by atoms with van der Waals surface area (Å²) in [7, 11) is 0. The van der Waals surface area contributed by atoms with E-state index in [1.807, 2.05) is 19.9 Å². The molecule has 5 nitrogen and oxygen atoms in total. The van der Waals surface area contributed by atoms with Crippen LogP contribution in [0.15, 0.2) is 24.4 Å². The van der Waals surface area contributed by atoms with Crippen LogP contribution in [-0.2, 0) is 9.59 Å². The molecule has 0 spiro atoms. The van der Waals surface area contributed by atoms with Crippen molar-refractivity contribution < 1.29 is 9.59 Å². The zero-order valence-corrected chi connectivity index (χ0v) is 13.3. The number of carbonyl (C=O) groups excluding carboxylic acids is 2. The first-order valence-corrected chi connectivity index (χ1v) is 8.10. The molecule has 1 heterocycles. The summed E-state index contributed by atoms with van der Waals surface area (Å²) in [5, 5.41) is 5.69. The van der Waals surface area contributed by atoms with Gasteiger partial charge in [0.05, 0.1) is 0 Å². The predicted octanol–water partition coefficient (Wildman–Crippen LogP) is 2.74. The first-order chi connectivity index (χ1) is 10.6. The van der Waals surface area contributed by atoms with Crippen LogP contribution in [0.4, 0.5) is 5.82 Å². The molecule has 22 heavy (non-hydrogen) atoms. The van der Waals surface area contributed by atoms with Crippen molar-refractivity contribution in [2.45, 2.75) is 52.0 Å². The molecule has 0 aliphatic heterocycles. The van der Waals surface area contributed by atoms with Gasteiger partial charge in [-0.15, -0.1) is 0 Å². The lowest BCUT2D eigenvalue weighted by molar-refractivity contribution is -0.130. The minimum absolute atomic E-state index is 0.00886. The molecule has 1 fully saturated rings. The number of carbonyl (C=O) groups is 2. The zero-order valence-electron chi connectivity index (χ0n) is 13.3. The summed E-state index contributed by atoms with van der Waals surface area (Å²) in [5.74, 6) is 0.381. The number of rotatable bonds is 5. The average Bonchev–Trinajstić information content (AvgIpc) is 2.53. The van der Waals surface area contributed by atoms with E-state index in [1.165, 1.54) is 6.42 Å². The Morgan fingerprint density at radius 2 is 1.91 bits per heavy atom. The Morgan fingerprint density at radius 3 is 2.50 bits per heavy atom. The SMILES string of the molecule is CC(C)[C@@H](NC(=O)C1CCCCC1)C(=O)Nc1ccccn1. The second-order valence-electron chi connectivity index (χ2n) is 6.27. The summed E-state index contributed by atoms with van der Waals surface area (Å²) < 4.78 is 0. The van der Waals surface area contributed by atoms with E-state index < -0.39 is 6.04 Å². The first kappa shape index (κ1) is 16.5. The number of nitrogens with one attached hydrogen (secondary N) is 2. The van der Waals surface area contributed by atoms with Crippen LogP contribution in [0.1, 0.15) is 46.0 Å². The topological polar surface area (TPSA) is 71.1 Å². The molecule has 1 aromatic heterocycles. The van der Waals surface area contributed by atoms with Crippen molar-refractivity contribution in [2.24, 2.45) is 11.8 Å². The molecule has 1 atom stereocenters. The molecule has 1 aromatic rings. The molecule has 0 unspecified atom stereocenters. The second kappa shape index (κ2) is 7.92. The highest BCUT2D eigenvalue weighted by Crippen LogP contribution is 2.24. The lowest BCUT2D eigenvalue weighted by Crippen LogP contribution is -2.49. The van der Waals surface area contributed by atoms with Gasteiger partial charge in [0.15, 0.2) is 0 Å². The van der Waals surface area contributed by atoms with Crippen LogP contribution in [-0.4, -0.2) is 22.8 Å². The number of hydrogen-bond donors (Lipinski definition) is 2. The minimum atomic E-state index is -0.531. The Morgan fingerprint density at radius 1 is 1.18 bits per heavy atom. The van der Waals surface area contributed by atoms with Crippen LogP contribution in [0.2, 0.25) is 0 Å². The molecule has 1 saturated carbocycles. The van der Waals surface area contributed by atoms with Crippen LogP contribution < -0.4 is 10.6 Å². The van der Waals surface area contributed by atoms with Crippen molar-refractivity contribution in [1.82, 2.24) is 10.3 Å². The third-order valence-electron chi connectivity index (χ3n) is 4.14. The van der Waals surface area contributed by atoms with Gasteiger partial charge >= 0.3 is 0 Å². The van der Waals surface area contributed by atoms with E-state index in [0.29, 0.717) is 5.82 Å². The monoisotopic (exact) mass is 303 g/mol. The third-order valence-corrected chi connectivity index (χ3v) is 4.14. The Hall–Kier alpha value is -1.91. The Kier molecular flexibility index (Phi) is 5.92.